The monoisotopic (exact) mass is 199 g/mol. The molecule has 3 nitrogen and oxygen atoms in total. The van der Waals surface area contributed by atoms with Gasteiger partial charge in [0, 0.05) is 6.04 Å². The number of hydrogen-bond donors (Lipinski definition) is 2. The maximum Gasteiger partial charge on any atom is 0.320 e. The van der Waals surface area contributed by atoms with Crippen molar-refractivity contribution in [1.82, 2.24) is 5.32 Å². The molecule has 0 amide bonds. The summed E-state index contributed by atoms with van der Waals surface area (Å²) in [7, 11) is 0. The first kappa shape index (κ1) is 11.5. The minimum Gasteiger partial charge on any atom is -0.480 e. The van der Waals surface area contributed by atoms with Crippen LogP contribution in [0.1, 0.15) is 51.9 Å². The second kappa shape index (κ2) is 6.02. The third kappa shape index (κ3) is 4.09. The number of nitrogens with one attached hydrogen (secondary N) is 1. The summed E-state index contributed by atoms with van der Waals surface area (Å²) in [5.41, 5.74) is 0. The molecular weight excluding hydrogens is 178 g/mol. The van der Waals surface area contributed by atoms with Gasteiger partial charge in [-0.05, 0) is 19.8 Å². The van der Waals surface area contributed by atoms with Gasteiger partial charge in [0.05, 0.1) is 0 Å². The van der Waals surface area contributed by atoms with Crippen molar-refractivity contribution in [2.45, 2.75) is 64.0 Å². The van der Waals surface area contributed by atoms with Gasteiger partial charge < -0.3 is 10.4 Å². The predicted octanol–water partition coefficient (Wildman–Crippen LogP) is 2.16. The SMILES string of the molecule is C[C@@H](NC1CCCCCCC1)C(=O)O. The van der Waals surface area contributed by atoms with Crippen LogP contribution in [0.3, 0.4) is 0 Å². The molecule has 0 bridgehead atoms. The highest BCUT2D eigenvalue weighted by molar-refractivity contribution is 5.72. The van der Waals surface area contributed by atoms with Gasteiger partial charge in [0.25, 0.3) is 0 Å². The quantitative estimate of drug-likeness (QED) is 0.732. The molecule has 14 heavy (non-hydrogen) atoms. The van der Waals surface area contributed by atoms with Gasteiger partial charge in [-0.2, -0.15) is 0 Å². The van der Waals surface area contributed by atoms with Crippen molar-refractivity contribution in [3.05, 3.63) is 0 Å². The van der Waals surface area contributed by atoms with E-state index in [9.17, 15) is 4.79 Å². The Labute approximate surface area is 85.9 Å². The van der Waals surface area contributed by atoms with E-state index in [4.69, 9.17) is 5.11 Å². The number of rotatable bonds is 3. The van der Waals surface area contributed by atoms with Crippen molar-refractivity contribution in [2.75, 3.05) is 0 Å². The molecule has 1 rings (SSSR count). The molecule has 1 atom stereocenters. The molecule has 2 N–H and O–H groups in total. The normalized spacial score (nSPS) is 22.4. The molecule has 0 aromatic carbocycles. The van der Waals surface area contributed by atoms with E-state index in [2.05, 4.69) is 5.32 Å². The number of hydrogen-bond acceptors (Lipinski definition) is 2. The van der Waals surface area contributed by atoms with E-state index in [1.807, 2.05) is 0 Å². The molecule has 3 heteroatoms. The zero-order valence-corrected chi connectivity index (χ0v) is 8.96. The third-order valence-corrected chi connectivity index (χ3v) is 2.96. The van der Waals surface area contributed by atoms with Crippen LogP contribution in [0.4, 0.5) is 0 Å². The Morgan fingerprint density at radius 1 is 1.21 bits per heavy atom. The highest BCUT2D eigenvalue weighted by atomic mass is 16.4. The maximum absolute atomic E-state index is 10.7. The van der Waals surface area contributed by atoms with Crippen LogP contribution >= 0.6 is 0 Å². The fraction of sp³-hybridized carbons (Fsp3) is 0.909. The van der Waals surface area contributed by atoms with E-state index in [0.717, 1.165) is 12.8 Å². The molecule has 0 aliphatic heterocycles. The summed E-state index contributed by atoms with van der Waals surface area (Å²) in [6.07, 6.45) is 8.71. The fourth-order valence-corrected chi connectivity index (χ4v) is 2.05. The number of carboxylic acid groups (broad SMARTS) is 1. The van der Waals surface area contributed by atoms with Crippen molar-refractivity contribution < 1.29 is 9.90 Å². The molecule has 0 spiro atoms. The van der Waals surface area contributed by atoms with Crippen LogP contribution < -0.4 is 5.32 Å². The maximum atomic E-state index is 10.7. The molecule has 0 radical (unpaired) electrons. The molecule has 1 aliphatic carbocycles. The third-order valence-electron chi connectivity index (χ3n) is 2.96. The zero-order chi connectivity index (χ0) is 10.4. The highest BCUT2D eigenvalue weighted by Crippen LogP contribution is 2.17. The lowest BCUT2D eigenvalue weighted by molar-refractivity contribution is -0.139. The van der Waals surface area contributed by atoms with Gasteiger partial charge >= 0.3 is 5.97 Å². The smallest absolute Gasteiger partial charge is 0.320 e. The Balaban J connectivity index is 2.29. The average molecular weight is 199 g/mol. The van der Waals surface area contributed by atoms with E-state index in [-0.39, 0.29) is 0 Å². The van der Waals surface area contributed by atoms with Crippen molar-refractivity contribution in [1.29, 1.82) is 0 Å². The Morgan fingerprint density at radius 2 is 1.71 bits per heavy atom. The number of aliphatic carboxylic acids is 1. The minimum absolute atomic E-state index is 0.403. The van der Waals surface area contributed by atoms with E-state index in [0.29, 0.717) is 6.04 Å². The van der Waals surface area contributed by atoms with E-state index in [1.165, 1.54) is 32.1 Å². The van der Waals surface area contributed by atoms with E-state index in [1.54, 1.807) is 6.92 Å². The van der Waals surface area contributed by atoms with Crippen LogP contribution in [-0.2, 0) is 4.79 Å². The lowest BCUT2D eigenvalue weighted by Crippen LogP contribution is -2.41. The van der Waals surface area contributed by atoms with Gasteiger partial charge in [-0.3, -0.25) is 4.79 Å². The molecule has 1 aliphatic rings. The molecule has 0 aromatic rings. The predicted molar refractivity (Wildman–Crippen MR) is 56.3 cm³/mol. The topological polar surface area (TPSA) is 49.3 Å². The first-order chi connectivity index (χ1) is 6.70. The van der Waals surface area contributed by atoms with Gasteiger partial charge in [0.2, 0.25) is 0 Å². The molecule has 0 saturated heterocycles. The highest BCUT2D eigenvalue weighted by Gasteiger charge is 2.17. The summed E-state index contributed by atoms with van der Waals surface area (Å²) in [5, 5.41) is 12.0. The second-order valence-corrected chi connectivity index (χ2v) is 4.27. The van der Waals surface area contributed by atoms with Crippen molar-refractivity contribution in [3.63, 3.8) is 0 Å². The summed E-state index contributed by atoms with van der Waals surface area (Å²) in [5.74, 6) is -0.743. The van der Waals surface area contributed by atoms with Crippen molar-refractivity contribution in [2.24, 2.45) is 0 Å². The molecule has 1 fully saturated rings. The van der Waals surface area contributed by atoms with Crippen LogP contribution in [0.15, 0.2) is 0 Å². The standard InChI is InChI=1S/C11H21NO2/c1-9(11(13)14)12-10-7-5-3-2-4-6-8-10/h9-10,12H,2-8H2,1H3,(H,13,14)/t9-/m1/s1. The van der Waals surface area contributed by atoms with Gasteiger partial charge in [-0.1, -0.05) is 32.1 Å². The van der Waals surface area contributed by atoms with Crippen LogP contribution in [0.5, 0.6) is 0 Å². The summed E-state index contributed by atoms with van der Waals surface area (Å²) in [6, 6.07) is 0.0147. The summed E-state index contributed by atoms with van der Waals surface area (Å²) in [6.45, 7) is 1.72. The Kier molecular flexibility index (Phi) is 4.94. The van der Waals surface area contributed by atoms with Gasteiger partial charge in [0.15, 0.2) is 0 Å². The Bertz CT molecular complexity index is 174. The fourth-order valence-electron chi connectivity index (χ4n) is 2.05. The minimum atomic E-state index is -0.743. The van der Waals surface area contributed by atoms with Gasteiger partial charge in [-0.25, -0.2) is 0 Å². The van der Waals surface area contributed by atoms with Crippen LogP contribution in [0, 0.1) is 0 Å². The van der Waals surface area contributed by atoms with Crippen molar-refractivity contribution in [3.8, 4) is 0 Å². The van der Waals surface area contributed by atoms with E-state index >= 15 is 0 Å². The summed E-state index contributed by atoms with van der Waals surface area (Å²) < 4.78 is 0. The average Bonchev–Trinajstić information content (AvgIpc) is 2.08. The van der Waals surface area contributed by atoms with Crippen LogP contribution in [0.25, 0.3) is 0 Å². The summed E-state index contributed by atoms with van der Waals surface area (Å²) >= 11 is 0. The lowest BCUT2D eigenvalue weighted by atomic mass is 9.96. The van der Waals surface area contributed by atoms with Gasteiger partial charge in [0.1, 0.15) is 6.04 Å². The number of carbonyl (C=O) groups is 1. The first-order valence-corrected chi connectivity index (χ1v) is 5.69. The Hall–Kier alpha value is -0.570. The second-order valence-electron chi connectivity index (χ2n) is 4.27. The molecule has 0 heterocycles. The van der Waals surface area contributed by atoms with Crippen LogP contribution in [-0.4, -0.2) is 23.2 Å². The molecule has 0 unspecified atom stereocenters. The first-order valence-electron chi connectivity index (χ1n) is 5.69. The van der Waals surface area contributed by atoms with Gasteiger partial charge in [-0.15, -0.1) is 0 Å². The largest absolute Gasteiger partial charge is 0.480 e. The zero-order valence-electron chi connectivity index (χ0n) is 8.96. The van der Waals surface area contributed by atoms with Crippen LogP contribution in [0.2, 0.25) is 0 Å². The van der Waals surface area contributed by atoms with Crippen molar-refractivity contribution >= 4 is 5.97 Å². The summed E-state index contributed by atoms with van der Waals surface area (Å²) in [4.78, 5) is 10.7. The molecule has 82 valence electrons. The Morgan fingerprint density at radius 3 is 2.21 bits per heavy atom. The lowest BCUT2D eigenvalue weighted by Gasteiger charge is -2.23. The van der Waals surface area contributed by atoms with E-state index < -0.39 is 12.0 Å². The molecular formula is C11H21NO2. The molecule has 0 aromatic heterocycles. The molecule has 1 saturated carbocycles. The number of carboxylic acids is 1.